The van der Waals surface area contributed by atoms with Crippen LogP contribution < -0.4 is 4.74 Å². The Hall–Kier alpha value is -1.63. The lowest BCUT2D eigenvalue weighted by Crippen LogP contribution is -2.49. The van der Waals surface area contributed by atoms with Crippen molar-refractivity contribution in [3.63, 3.8) is 0 Å². The Bertz CT molecular complexity index is 828. The highest BCUT2D eigenvalue weighted by Gasteiger charge is 2.47. The number of benzene rings is 1. The fraction of sp³-hybridized carbons (Fsp3) is 0.389. The van der Waals surface area contributed by atoms with Crippen molar-refractivity contribution >= 4 is 21.6 Å². The number of hydrogen-bond donors (Lipinski definition) is 0. The highest BCUT2D eigenvalue weighted by molar-refractivity contribution is 7.89. The first kappa shape index (κ1) is 16.8. The molecule has 0 aliphatic carbocycles. The number of sulfonamides is 1. The van der Waals surface area contributed by atoms with Crippen LogP contribution in [0.4, 0.5) is 0 Å². The molecule has 4 rings (SSSR count). The normalized spacial score (nSPS) is 26.5. The monoisotopic (exact) mass is 378 g/mol. The SMILES string of the molecule is O=S(=O)(c1ccc(Cl)cc1)N1C2CCC1CC(Oc1ccncc1)C2. The molecule has 1 aromatic carbocycles. The zero-order valence-electron chi connectivity index (χ0n) is 13.6. The van der Waals surface area contributed by atoms with E-state index in [4.69, 9.17) is 16.3 Å². The molecule has 132 valence electrons. The molecule has 0 amide bonds. The fourth-order valence-corrected chi connectivity index (χ4v) is 5.93. The van der Waals surface area contributed by atoms with Gasteiger partial charge in [0, 0.05) is 42.3 Å². The second-order valence-electron chi connectivity index (χ2n) is 6.57. The van der Waals surface area contributed by atoms with Gasteiger partial charge < -0.3 is 4.74 Å². The molecule has 0 spiro atoms. The second kappa shape index (κ2) is 6.59. The quantitative estimate of drug-likeness (QED) is 0.817. The summed E-state index contributed by atoms with van der Waals surface area (Å²) in [7, 11) is -3.50. The van der Waals surface area contributed by atoms with Crippen molar-refractivity contribution in [3.05, 3.63) is 53.8 Å². The van der Waals surface area contributed by atoms with Gasteiger partial charge in [-0.25, -0.2) is 8.42 Å². The Kier molecular flexibility index (Phi) is 4.43. The van der Waals surface area contributed by atoms with Crippen molar-refractivity contribution in [3.8, 4) is 5.75 Å². The van der Waals surface area contributed by atoms with Crippen molar-refractivity contribution in [2.24, 2.45) is 0 Å². The summed E-state index contributed by atoms with van der Waals surface area (Å²) in [6.07, 6.45) is 6.63. The topological polar surface area (TPSA) is 59.5 Å². The molecular formula is C18H19ClN2O3S. The van der Waals surface area contributed by atoms with Crippen LogP contribution in [0.5, 0.6) is 5.75 Å². The van der Waals surface area contributed by atoms with E-state index >= 15 is 0 Å². The van der Waals surface area contributed by atoms with E-state index in [1.165, 1.54) is 0 Å². The van der Waals surface area contributed by atoms with Crippen LogP contribution in [-0.4, -0.2) is 35.9 Å². The van der Waals surface area contributed by atoms with Crippen molar-refractivity contribution in [2.75, 3.05) is 0 Å². The summed E-state index contributed by atoms with van der Waals surface area (Å²) in [5.74, 6) is 0.786. The molecule has 2 bridgehead atoms. The molecule has 7 heteroatoms. The Morgan fingerprint density at radius 1 is 1.00 bits per heavy atom. The van der Waals surface area contributed by atoms with Crippen LogP contribution in [0.3, 0.4) is 0 Å². The maximum Gasteiger partial charge on any atom is 0.243 e. The lowest BCUT2D eigenvalue weighted by Gasteiger charge is -2.37. The first-order chi connectivity index (χ1) is 12.0. The average molecular weight is 379 g/mol. The van der Waals surface area contributed by atoms with E-state index in [1.54, 1.807) is 41.0 Å². The summed E-state index contributed by atoms with van der Waals surface area (Å²) in [4.78, 5) is 4.30. The molecule has 5 nitrogen and oxygen atoms in total. The summed E-state index contributed by atoms with van der Waals surface area (Å²) in [6, 6.07) is 10.0. The summed E-state index contributed by atoms with van der Waals surface area (Å²) in [5, 5.41) is 0.534. The largest absolute Gasteiger partial charge is 0.490 e. The highest BCUT2D eigenvalue weighted by atomic mass is 35.5. The Balaban J connectivity index is 1.53. The lowest BCUT2D eigenvalue weighted by atomic mass is 10.0. The minimum Gasteiger partial charge on any atom is -0.490 e. The molecular weight excluding hydrogens is 360 g/mol. The first-order valence-corrected chi connectivity index (χ1v) is 10.2. The van der Waals surface area contributed by atoms with Crippen LogP contribution in [-0.2, 0) is 10.0 Å². The van der Waals surface area contributed by atoms with E-state index in [-0.39, 0.29) is 18.2 Å². The summed E-state index contributed by atoms with van der Waals surface area (Å²) in [5.41, 5.74) is 0. The van der Waals surface area contributed by atoms with Crippen LogP contribution in [0, 0.1) is 0 Å². The van der Waals surface area contributed by atoms with Crippen LogP contribution in [0.1, 0.15) is 25.7 Å². The molecule has 2 saturated heterocycles. The molecule has 2 unspecified atom stereocenters. The van der Waals surface area contributed by atoms with E-state index in [1.807, 2.05) is 12.1 Å². The van der Waals surface area contributed by atoms with Crippen molar-refractivity contribution in [2.45, 2.75) is 48.8 Å². The minimum atomic E-state index is -3.50. The summed E-state index contributed by atoms with van der Waals surface area (Å²) >= 11 is 5.88. The van der Waals surface area contributed by atoms with E-state index in [0.29, 0.717) is 22.8 Å². The van der Waals surface area contributed by atoms with Gasteiger partial charge in [0.15, 0.2) is 0 Å². The van der Waals surface area contributed by atoms with Crippen molar-refractivity contribution in [1.29, 1.82) is 0 Å². The molecule has 25 heavy (non-hydrogen) atoms. The van der Waals surface area contributed by atoms with E-state index in [0.717, 1.165) is 18.6 Å². The van der Waals surface area contributed by atoms with Gasteiger partial charge in [0.2, 0.25) is 10.0 Å². The number of hydrogen-bond acceptors (Lipinski definition) is 4. The third kappa shape index (κ3) is 3.26. The van der Waals surface area contributed by atoms with Gasteiger partial charge >= 0.3 is 0 Å². The lowest BCUT2D eigenvalue weighted by molar-refractivity contribution is 0.0956. The number of fused-ring (bicyclic) bond motifs is 2. The van der Waals surface area contributed by atoms with E-state index in [9.17, 15) is 8.42 Å². The molecule has 2 aliphatic rings. The predicted molar refractivity (Wildman–Crippen MR) is 95.2 cm³/mol. The fourth-order valence-electron chi connectivity index (χ4n) is 3.91. The highest BCUT2D eigenvalue weighted by Crippen LogP contribution is 2.41. The van der Waals surface area contributed by atoms with Gasteiger partial charge in [0.1, 0.15) is 11.9 Å². The molecule has 2 atom stereocenters. The van der Waals surface area contributed by atoms with Crippen LogP contribution in [0.15, 0.2) is 53.7 Å². The molecule has 2 aromatic rings. The molecule has 2 fully saturated rings. The second-order valence-corrected chi connectivity index (χ2v) is 8.85. The Morgan fingerprint density at radius 3 is 2.20 bits per heavy atom. The number of nitrogens with zero attached hydrogens (tertiary/aromatic N) is 2. The van der Waals surface area contributed by atoms with Crippen LogP contribution in [0.2, 0.25) is 5.02 Å². The Labute approximate surface area is 152 Å². The zero-order valence-corrected chi connectivity index (χ0v) is 15.2. The molecule has 1 aromatic heterocycles. The number of halogens is 1. The number of aromatic nitrogens is 1. The van der Waals surface area contributed by atoms with Gasteiger partial charge in [-0.2, -0.15) is 4.31 Å². The predicted octanol–water partition coefficient (Wildman–Crippen LogP) is 3.50. The maximum atomic E-state index is 13.1. The van der Waals surface area contributed by atoms with Gasteiger partial charge in [0.05, 0.1) is 4.90 Å². The van der Waals surface area contributed by atoms with E-state index in [2.05, 4.69) is 4.98 Å². The third-order valence-electron chi connectivity index (χ3n) is 4.96. The zero-order chi connectivity index (χ0) is 17.4. The summed E-state index contributed by atoms with van der Waals surface area (Å²) in [6.45, 7) is 0. The molecule has 0 saturated carbocycles. The van der Waals surface area contributed by atoms with E-state index < -0.39 is 10.0 Å². The molecule has 0 N–H and O–H groups in total. The van der Waals surface area contributed by atoms with Gasteiger partial charge in [-0.05, 0) is 49.2 Å². The van der Waals surface area contributed by atoms with Crippen LogP contribution >= 0.6 is 11.6 Å². The van der Waals surface area contributed by atoms with Gasteiger partial charge in [0.25, 0.3) is 0 Å². The molecule has 0 radical (unpaired) electrons. The van der Waals surface area contributed by atoms with Gasteiger partial charge in [-0.15, -0.1) is 0 Å². The molecule has 3 heterocycles. The smallest absolute Gasteiger partial charge is 0.243 e. The number of piperidine rings is 1. The minimum absolute atomic E-state index is 0.00809. The number of pyridine rings is 1. The summed E-state index contributed by atoms with van der Waals surface area (Å²) < 4.78 is 33.9. The average Bonchev–Trinajstić information content (AvgIpc) is 2.89. The van der Waals surface area contributed by atoms with Gasteiger partial charge in [-0.1, -0.05) is 11.6 Å². The van der Waals surface area contributed by atoms with Crippen molar-refractivity contribution in [1.82, 2.24) is 9.29 Å². The molecule has 2 aliphatic heterocycles. The standard InChI is InChI=1S/C18H19ClN2O3S/c19-13-1-5-18(6-2-13)25(22,23)21-14-3-4-15(21)12-17(11-14)24-16-7-9-20-10-8-16/h1-2,5-10,14-15,17H,3-4,11-12H2. The first-order valence-electron chi connectivity index (χ1n) is 8.40. The number of ether oxygens (including phenoxy) is 1. The third-order valence-corrected chi connectivity index (χ3v) is 7.24. The maximum absolute atomic E-state index is 13.1. The Morgan fingerprint density at radius 2 is 1.60 bits per heavy atom. The van der Waals surface area contributed by atoms with Crippen molar-refractivity contribution < 1.29 is 13.2 Å². The van der Waals surface area contributed by atoms with Gasteiger partial charge in [-0.3, -0.25) is 4.98 Å². The van der Waals surface area contributed by atoms with Crippen LogP contribution in [0.25, 0.3) is 0 Å². The number of rotatable bonds is 4.